The van der Waals surface area contributed by atoms with Crippen LogP contribution in [0.3, 0.4) is 0 Å². The third-order valence-corrected chi connectivity index (χ3v) is 3.17. The van der Waals surface area contributed by atoms with Gasteiger partial charge in [0.2, 0.25) is 0 Å². The molecule has 0 aromatic heterocycles. The van der Waals surface area contributed by atoms with Gasteiger partial charge in [0, 0.05) is 31.2 Å². The fraction of sp³-hybridized carbons (Fsp3) is 0.429. The third-order valence-electron chi connectivity index (χ3n) is 3.17. The second-order valence-electron chi connectivity index (χ2n) is 4.61. The molecule has 0 aliphatic carbocycles. The summed E-state index contributed by atoms with van der Waals surface area (Å²) in [4.78, 5) is 25.4. The zero-order valence-electron chi connectivity index (χ0n) is 11.1. The van der Waals surface area contributed by atoms with Crippen molar-refractivity contribution < 1.29 is 9.59 Å². The van der Waals surface area contributed by atoms with E-state index in [1.165, 1.54) is 0 Å². The predicted octanol–water partition coefficient (Wildman–Crippen LogP) is 1.22. The maximum atomic E-state index is 12.2. The number of urea groups is 1. The monoisotopic (exact) mass is 261 g/mol. The lowest BCUT2D eigenvalue weighted by atomic mass is 10.2. The van der Waals surface area contributed by atoms with Crippen LogP contribution in [0.25, 0.3) is 0 Å². The van der Waals surface area contributed by atoms with Crippen molar-refractivity contribution in [1.29, 1.82) is 0 Å². The van der Waals surface area contributed by atoms with E-state index in [2.05, 4.69) is 10.6 Å². The van der Waals surface area contributed by atoms with Gasteiger partial charge >= 0.3 is 6.03 Å². The molecule has 1 aliphatic rings. The minimum absolute atomic E-state index is 0.0285. The first-order valence-corrected chi connectivity index (χ1v) is 6.59. The maximum absolute atomic E-state index is 12.2. The fourth-order valence-corrected chi connectivity index (χ4v) is 2.22. The van der Waals surface area contributed by atoms with Crippen LogP contribution in [-0.4, -0.2) is 42.5 Å². The molecule has 5 nitrogen and oxygen atoms in total. The number of nitrogens with zero attached hydrogens (tertiary/aromatic N) is 1. The Morgan fingerprint density at radius 3 is 2.74 bits per heavy atom. The van der Waals surface area contributed by atoms with Gasteiger partial charge in [0.05, 0.1) is 0 Å². The summed E-state index contributed by atoms with van der Waals surface area (Å²) in [5, 5.41) is 5.57. The lowest BCUT2D eigenvalue weighted by molar-refractivity contribution is 0.0789. The van der Waals surface area contributed by atoms with Crippen LogP contribution in [0, 0.1) is 0 Å². The molecule has 19 heavy (non-hydrogen) atoms. The number of hydrogen-bond acceptors (Lipinski definition) is 2. The third kappa shape index (κ3) is 3.47. The van der Waals surface area contributed by atoms with Gasteiger partial charge in [-0.2, -0.15) is 0 Å². The highest BCUT2D eigenvalue weighted by atomic mass is 16.2. The van der Waals surface area contributed by atoms with Gasteiger partial charge in [-0.15, -0.1) is 0 Å². The first kappa shape index (κ1) is 13.4. The van der Waals surface area contributed by atoms with E-state index in [0.717, 1.165) is 6.42 Å². The summed E-state index contributed by atoms with van der Waals surface area (Å²) in [7, 11) is 0. The summed E-state index contributed by atoms with van der Waals surface area (Å²) in [6, 6.07) is 9.10. The molecule has 1 fully saturated rings. The summed E-state index contributed by atoms with van der Waals surface area (Å²) in [5.74, 6) is 0.0285. The van der Waals surface area contributed by atoms with Crippen molar-refractivity contribution in [1.82, 2.24) is 15.5 Å². The molecule has 0 radical (unpaired) electrons. The second kappa shape index (κ2) is 6.22. The summed E-state index contributed by atoms with van der Waals surface area (Å²) >= 11 is 0. The molecule has 0 spiro atoms. The summed E-state index contributed by atoms with van der Waals surface area (Å²) in [6.45, 7) is 3.74. The van der Waals surface area contributed by atoms with Gasteiger partial charge in [-0.05, 0) is 25.5 Å². The van der Waals surface area contributed by atoms with Crippen molar-refractivity contribution in [2.75, 3.05) is 19.6 Å². The molecular weight excluding hydrogens is 242 g/mol. The lowest BCUT2D eigenvalue weighted by Gasteiger charge is -2.17. The van der Waals surface area contributed by atoms with E-state index < -0.39 is 0 Å². The maximum Gasteiger partial charge on any atom is 0.315 e. The first-order chi connectivity index (χ1) is 9.20. The Hall–Kier alpha value is -2.04. The molecule has 5 heteroatoms. The van der Waals surface area contributed by atoms with Crippen LogP contribution in [0.15, 0.2) is 30.3 Å². The van der Waals surface area contributed by atoms with Crippen LogP contribution < -0.4 is 10.6 Å². The van der Waals surface area contributed by atoms with Crippen LogP contribution in [0.1, 0.15) is 23.7 Å². The van der Waals surface area contributed by atoms with Crippen molar-refractivity contribution in [2.24, 2.45) is 0 Å². The molecule has 102 valence electrons. The first-order valence-electron chi connectivity index (χ1n) is 6.59. The van der Waals surface area contributed by atoms with Gasteiger partial charge < -0.3 is 15.5 Å². The Kier molecular flexibility index (Phi) is 4.39. The predicted molar refractivity (Wildman–Crippen MR) is 73.0 cm³/mol. The molecular formula is C14H19N3O2. The van der Waals surface area contributed by atoms with Gasteiger partial charge in [0.1, 0.15) is 0 Å². The number of benzene rings is 1. The Morgan fingerprint density at radius 1 is 1.32 bits per heavy atom. The van der Waals surface area contributed by atoms with Crippen LogP contribution in [-0.2, 0) is 0 Å². The molecule has 1 aromatic rings. The highest BCUT2D eigenvalue weighted by molar-refractivity contribution is 5.94. The zero-order chi connectivity index (χ0) is 13.7. The molecule has 0 bridgehead atoms. The van der Waals surface area contributed by atoms with E-state index in [-0.39, 0.29) is 18.0 Å². The Labute approximate surface area is 113 Å². The van der Waals surface area contributed by atoms with Crippen LogP contribution in [0.2, 0.25) is 0 Å². The minimum atomic E-state index is -0.165. The Bertz CT molecular complexity index is 447. The number of carbonyl (C=O) groups excluding carboxylic acids is 2. The van der Waals surface area contributed by atoms with Crippen molar-refractivity contribution >= 4 is 11.9 Å². The van der Waals surface area contributed by atoms with Gasteiger partial charge in [-0.25, -0.2) is 4.79 Å². The largest absolute Gasteiger partial charge is 0.338 e. The number of amides is 3. The average molecular weight is 261 g/mol. The van der Waals surface area contributed by atoms with E-state index in [4.69, 9.17) is 0 Å². The summed E-state index contributed by atoms with van der Waals surface area (Å²) < 4.78 is 0. The summed E-state index contributed by atoms with van der Waals surface area (Å²) in [6.07, 6.45) is 0.801. The number of hydrogen-bond donors (Lipinski definition) is 2. The molecule has 3 amide bonds. The van der Waals surface area contributed by atoms with Crippen LogP contribution >= 0.6 is 0 Å². The molecule has 1 saturated heterocycles. The number of likely N-dealkylation sites (tertiary alicyclic amines) is 1. The van der Waals surface area contributed by atoms with Crippen LogP contribution in [0.4, 0.5) is 4.79 Å². The zero-order valence-corrected chi connectivity index (χ0v) is 11.1. The molecule has 2 rings (SSSR count). The quantitative estimate of drug-likeness (QED) is 0.859. The van der Waals surface area contributed by atoms with Crippen molar-refractivity contribution in [3.63, 3.8) is 0 Å². The van der Waals surface area contributed by atoms with E-state index in [1.54, 1.807) is 4.90 Å². The van der Waals surface area contributed by atoms with Crippen molar-refractivity contribution in [2.45, 2.75) is 19.4 Å². The highest BCUT2D eigenvalue weighted by Crippen LogP contribution is 2.13. The standard InChI is InChI=1S/C14H19N3O2/c1-2-15-14(19)16-12-8-9-17(10-12)13(18)11-6-4-3-5-7-11/h3-7,12H,2,8-10H2,1H3,(H2,15,16,19). The molecule has 1 aliphatic heterocycles. The number of carbonyl (C=O) groups is 2. The summed E-state index contributed by atoms with van der Waals surface area (Å²) in [5.41, 5.74) is 0.696. The average Bonchev–Trinajstić information content (AvgIpc) is 2.87. The SMILES string of the molecule is CCNC(=O)NC1CCN(C(=O)c2ccccc2)C1. The Morgan fingerprint density at radius 2 is 2.05 bits per heavy atom. The number of nitrogens with one attached hydrogen (secondary N) is 2. The molecule has 2 N–H and O–H groups in total. The smallest absolute Gasteiger partial charge is 0.315 e. The Balaban J connectivity index is 1.88. The van der Waals surface area contributed by atoms with Gasteiger partial charge in [0.15, 0.2) is 0 Å². The van der Waals surface area contributed by atoms with Gasteiger partial charge in [0.25, 0.3) is 5.91 Å². The highest BCUT2D eigenvalue weighted by Gasteiger charge is 2.27. The van der Waals surface area contributed by atoms with Gasteiger partial charge in [-0.1, -0.05) is 18.2 Å². The molecule has 1 aromatic carbocycles. The molecule has 0 saturated carbocycles. The molecule has 1 atom stereocenters. The fourth-order valence-electron chi connectivity index (χ4n) is 2.22. The molecule has 1 heterocycles. The minimum Gasteiger partial charge on any atom is -0.338 e. The topological polar surface area (TPSA) is 61.4 Å². The van der Waals surface area contributed by atoms with Crippen molar-refractivity contribution in [3.05, 3.63) is 35.9 Å². The lowest BCUT2D eigenvalue weighted by Crippen LogP contribution is -2.43. The second-order valence-corrected chi connectivity index (χ2v) is 4.61. The van der Waals surface area contributed by atoms with E-state index >= 15 is 0 Å². The van der Waals surface area contributed by atoms with Gasteiger partial charge in [-0.3, -0.25) is 4.79 Å². The van der Waals surface area contributed by atoms with E-state index in [9.17, 15) is 9.59 Å². The van der Waals surface area contributed by atoms with E-state index in [0.29, 0.717) is 25.2 Å². The normalized spacial score (nSPS) is 18.2. The number of rotatable bonds is 3. The van der Waals surface area contributed by atoms with Crippen LogP contribution in [0.5, 0.6) is 0 Å². The van der Waals surface area contributed by atoms with E-state index in [1.807, 2.05) is 37.3 Å². The molecule has 1 unspecified atom stereocenters. The van der Waals surface area contributed by atoms with Crippen molar-refractivity contribution in [3.8, 4) is 0 Å².